The third kappa shape index (κ3) is 5.35. The molecule has 2 aliphatic carbocycles. The normalized spacial score (nSPS) is 15.3. The number of benzene rings is 2. The summed E-state index contributed by atoms with van der Waals surface area (Å²) in [5.41, 5.74) is 3.76. The molecule has 2 aliphatic rings. The van der Waals surface area contributed by atoms with Gasteiger partial charge in [-0.25, -0.2) is 9.59 Å². The van der Waals surface area contributed by atoms with Gasteiger partial charge in [-0.1, -0.05) is 61.4 Å². The summed E-state index contributed by atoms with van der Waals surface area (Å²) in [5, 5.41) is 14.5. The third-order valence-corrected chi connectivity index (χ3v) is 6.48. The lowest BCUT2D eigenvalue weighted by Crippen LogP contribution is -2.42. The van der Waals surface area contributed by atoms with Gasteiger partial charge in [-0.15, -0.1) is 0 Å². The highest BCUT2D eigenvalue weighted by atomic mass is 16.5. The van der Waals surface area contributed by atoms with E-state index < -0.39 is 17.6 Å². The van der Waals surface area contributed by atoms with Crippen LogP contribution in [-0.2, 0) is 14.3 Å². The van der Waals surface area contributed by atoms with Crippen LogP contribution in [0.2, 0.25) is 0 Å². The highest BCUT2D eigenvalue weighted by Gasteiger charge is 2.51. The molecule has 7 nitrogen and oxygen atoms in total. The molecular formula is C26H30N2O5. The molecule has 0 atom stereocenters. The number of rotatable bonds is 11. The first-order valence-electron chi connectivity index (χ1n) is 11.6. The summed E-state index contributed by atoms with van der Waals surface area (Å²) in [6.45, 7) is 0.817. The van der Waals surface area contributed by atoms with Gasteiger partial charge >= 0.3 is 12.1 Å². The molecule has 3 N–H and O–H groups in total. The molecule has 0 unspecified atom stereocenters. The first-order chi connectivity index (χ1) is 16.0. The van der Waals surface area contributed by atoms with Gasteiger partial charge in [0.05, 0.1) is 0 Å². The highest BCUT2D eigenvalue weighted by Crippen LogP contribution is 2.44. The zero-order chi connectivity index (χ0) is 23.3. The van der Waals surface area contributed by atoms with E-state index in [4.69, 9.17) is 9.84 Å². The fraction of sp³-hybridized carbons (Fsp3) is 0.423. The molecule has 33 heavy (non-hydrogen) atoms. The van der Waals surface area contributed by atoms with Crippen LogP contribution in [0.3, 0.4) is 0 Å². The molecule has 1 saturated carbocycles. The van der Waals surface area contributed by atoms with E-state index in [0.717, 1.165) is 19.3 Å². The number of amides is 2. The molecule has 0 saturated heterocycles. The first-order valence-corrected chi connectivity index (χ1v) is 11.6. The Morgan fingerprint density at radius 3 is 2.12 bits per heavy atom. The minimum atomic E-state index is -1.01. The Morgan fingerprint density at radius 2 is 1.52 bits per heavy atom. The molecule has 0 heterocycles. The third-order valence-electron chi connectivity index (χ3n) is 6.48. The lowest BCUT2D eigenvalue weighted by molar-refractivity contribution is -0.143. The van der Waals surface area contributed by atoms with Crippen LogP contribution in [0.4, 0.5) is 4.79 Å². The molecule has 0 spiro atoms. The van der Waals surface area contributed by atoms with Gasteiger partial charge < -0.3 is 20.5 Å². The molecule has 0 radical (unpaired) electrons. The molecule has 0 bridgehead atoms. The number of carbonyl (C=O) groups is 3. The molecule has 0 aromatic heterocycles. The minimum absolute atomic E-state index is 0.0465. The standard InChI is InChI=1S/C26H30N2O5/c29-23(28-26(14-15-26)24(30)31)13-3-1-2-8-16-27-25(32)33-17-22-20-11-6-4-9-18(20)19-10-5-7-12-21(19)22/h4-7,9-12,22H,1-3,8,13-17H2,(H,27,32)(H,28,29)(H,30,31). The highest BCUT2D eigenvalue weighted by molar-refractivity contribution is 5.89. The van der Waals surface area contributed by atoms with E-state index in [9.17, 15) is 14.4 Å². The molecule has 2 amide bonds. The average Bonchev–Trinajstić information content (AvgIpc) is 3.53. The van der Waals surface area contributed by atoms with Crippen LogP contribution >= 0.6 is 0 Å². The van der Waals surface area contributed by atoms with E-state index in [0.29, 0.717) is 38.8 Å². The summed E-state index contributed by atoms with van der Waals surface area (Å²) in [4.78, 5) is 35.1. The Balaban J connectivity index is 1.10. The average molecular weight is 451 g/mol. The number of carbonyl (C=O) groups excluding carboxylic acids is 2. The molecular weight excluding hydrogens is 420 g/mol. The van der Waals surface area contributed by atoms with Crippen molar-refractivity contribution in [2.24, 2.45) is 0 Å². The van der Waals surface area contributed by atoms with E-state index in [1.165, 1.54) is 22.3 Å². The van der Waals surface area contributed by atoms with E-state index in [2.05, 4.69) is 34.9 Å². The number of aliphatic carboxylic acids is 1. The topological polar surface area (TPSA) is 105 Å². The van der Waals surface area contributed by atoms with Gasteiger partial charge in [0.1, 0.15) is 12.1 Å². The molecule has 7 heteroatoms. The first kappa shape index (κ1) is 22.8. The van der Waals surface area contributed by atoms with E-state index >= 15 is 0 Å². The summed E-state index contributed by atoms with van der Waals surface area (Å²) in [6.07, 6.45) is 4.15. The Morgan fingerprint density at radius 1 is 0.909 bits per heavy atom. The van der Waals surface area contributed by atoms with Gasteiger partial charge in [0.2, 0.25) is 5.91 Å². The monoisotopic (exact) mass is 450 g/mol. The van der Waals surface area contributed by atoms with Crippen molar-refractivity contribution < 1.29 is 24.2 Å². The summed E-state index contributed by atoms with van der Waals surface area (Å²) < 4.78 is 5.52. The molecule has 0 aliphatic heterocycles. The smallest absolute Gasteiger partial charge is 0.407 e. The van der Waals surface area contributed by atoms with E-state index in [-0.39, 0.29) is 11.8 Å². The van der Waals surface area contributed by atoms with Gasteiger partial charge in [0.15, 0.2) is 0 Å². The molecule has 174 valence electrons. The summed E-state index contributed by atoms with van der Waals surface area (Å²) in [6, 6.07) is 16.5. The van der Waals surface area contributed by atoms with E-state index in [1.807, 2.05) is 24.3 Å². The van der Waals surface area contributed by atoms with Crippen molar-refractivity contribution in [1.82, 2.24) is 10.6 Å². The van der Waals surface area contributed by atoms with Crippen LogP contribution in [0.25, 0.3) is 11.1 Å². The van der Waals surface area contributed by atoms with Crippen molar-refractivity contribution in [3.05, 3.63) is 59.7 Å². The second-order valence-electron chi connectivity index (χ2n) is 8.85. The zero-order valence-electron chi connectivity index (χ0n) is 18.6. The maximum Gasteiger partial charge on any atom is 0.407 e. The maximum atomic E-state index is 12.2. The van der Waals surface area contributed by atoms with Crippen molar-refractivity contribution in [1.29, 1.82) is 0 Å². The Labute approximate surface area is 193 Å². The van der Waals surface area contributed by atoms with Crippen molar-refractivity contribution in [2.45, 2.75) is 56.4 Å². The Kier molecular flexibility index (Phi) is 6.96. The van der Waals surface area contributed by atoms with Crippen LogP contribution in [0.5, 0.6) is 0 Å². The van der Waals surface area contributed by atoms with Crippen molar-refractivity contribution in [2.75, 3.05) is 13.2 Å². The number of unbranched alkanes of at least 4 members (excludes halogenated alkanes) is 3. The van der Waals surface area contributed by atoms with Crippen molar-refractivity contribution in [3.63, 3.8) is 0 Å². The quantitative estimate of drug-likeness (QED) is 0.445. The van der Waals surface area contributed by atoms with Crippen LogP contribution in [0.1, 0.15) is 62.0 Å². The van der Waals surface area contributed by atoms with Gasteiger partial charge in [0, 0.05) is 18.9 Å². The van der Waals surface area contributed by atoms with Crippen molar-refractivity contribution >= 4 is 18.0 Å². The Bertz CT molecular complexity index is 985. The largest absolute Gasteiger partial charge is 0.480 e. The number of carboxylic acids is 1. The van der Waals surface area contributed by atoms with Crippen LogP contribution in [0.15, 0.2) is 48.5 Å². The summed E-state index contributed by atoms with van der Waals surface area (Å²) in [7, 11) is 0. The summed E-state index contributed by atoms with van der Waals surface area (Å²) in [5.74, 6) is -1.10. The lowest BCUT2D eigenvalue weighted by Gasteiger charge is -2.14. The zero-order valence-corrected chi connectivity index (χ0v) is 18.6. The Hall–Kier alpha value is -3.35. The number of hydrogen-bond donors (Lipinski definition) is 3. The fourth-order valence-corrected chi connectivity index (χ4v) is 4.45. The van der Waals surface area contributed by atoms with Crippen molar-refractivity contribution in [3.8, 4) is 11.1 Å². The maximum absolute atomic E-state index is 12.2. The molecule has 1 fully saturated rings. The van der Waals surface area contributed by atoms with Crippen LogP contribution in [-0.4, -0.2) is 41.8 Å². The minimum Gasteiger partial charge on any atom is -0.480 e. The lowest BCUT2D eigenvalue weighted by atomic mass is 9.98. The van der Waals surface area contributed by atoms with E-state index in [1.54, 1.807) is 0 Å². The predicted octanol–water partition coefficient (Wildman–Crippen LogP) is 4.21. The summed E-state index contributed by atoms with van der Waals surface area (Å²) >= 11 is 0. The fourth-order valence-electron chi connectivity index (χ4n) is 4.45. The number of hydrogen-bond acceptors (Lipinski definition) is 4. The molecule has 2 aromatic carbocycles. The van der Waals surface area contributed by atoms with Crippen LogP contribution in [0, 0.1) is 0 Å². The van der Waals surface area contributed by atoms with Gasteiger partial charge in [-0.2, -0.15) is 0 Å². The number of carboxylic acid groups (broad SMARTS) is 1. The second kappa shape index (κ2) is 10.1. The van der Waals surface area contributed by atoms with Crippen LogP contribution < -0.4 is 10.6 Å². The molecule has 2 aromatic rings. The second-order valence-corrected chi connectivity index (χ2v) is 8.85. The van der Waals surface area contributed by atoms with Gasteiger partial charge in [-0.3, -0.25) is 4.79 Å². The number of nitrogens with one attached hydrogen (secondary N) is 2. The number of ether oxygens (including phenoxy) is 1. The molecule has 4 rings (SSSR count). The SMILES string of the molecule is O=C(CCCCCCNC(=O)OCC1c2ccccc2-c2ccccc21)NC1(C(=O)O)CC1. The van der Waals surface area contributed by atoms with Gasteiger partial charge in [0.25, 0.3) is 0 Å². The van der Waals surface area contributed by atoms with Gasteiger partial charge in [-0.05, 0) is 47.9 Å². The number of alkyl carbamates (subject to hydrolysis) is 1. The predicted molar refractivity (Wildman–Crippen MR) is 124 cm³/mol. The number of fused-ring (bicyclic) bond motifs is 3.